The van der Waals surface area contributed by atoms with Gasteiger partial charge in [0, 0.05) is 32.6 Å². The topological polar surface area (TPSA) is 41.6 Å². The van der Waals surface area contributed by atoms with E-state index in [1.165, 1.54) is 36.8 Å². The molecule has 2 fully saturated rings. The summed E-state index contributed by atoms with van der Waals surface area (Å²) in [5, 5.41) is 3.12. The Hall–Kier alpha value is -1.39. The Labute approximate surface area is 145 Å². The summed E-state index contributed by atoms with van der Waals surface area (Å²) in [5.74, 6) is 0.979. The van der Waals surface area contributed by atoms with Gasteiger partial charge in [0.25, 0.3) is 0 Å². The second-order valence-electron chi connectivity index (χ2n) is 7.12. The van der Waals surface area contributed by atoms with Gasteiger partial charge in [-0.15, -0.1) is 0 Å². The molecule has 1 aliphatic heterocycles. The predicted octanol–water partition coefficient (Wildman–Crippen LogP) is 3.11. The number of ether oxygens (including phenoxy) is 1. The van der Waals surface area contributed by atoms with Gasteiger partial charge in [0.15, 0.2) is 0 Å². The van der Waals surface area contributed by atoms with Gasteiger partial charge in [0.05, 0.1) is 13.2 Å². The molecule has 1 N–H and O–H groups in total. The molecule has 0 spiro atoms. The van der Waals surface area contributed by atoms with Gasteiger partial charge in [-0.3, -0.25) is 9.69 Å². The van der Waals surface area contributed by atoms with Crippen LogP contribution in [0, 0.1) is 5.92 Å². The molecule has 0 unspecified atom stereocenters. The van der Waals surface area contributed by atoms with Crippen molar-refractivity contribution in [1.82, 2.24) is 10.2 Å². The van der Waals surface area contributed by atoms with Crippen molar-refractivity contribution in [1.29, 1.82) is 0 Å². The van der Waals surface area contributed by atoms with E-state index in [4.69, 9.17) is 4.74 Å². The Balaban J connectivity index is 1.46. The van der Waals surface area contributed by atoms with Crippen molar-refractivity contribution in [3.8, 4) is 0 Å². The third-order valence-electron chi connectivity index (χ3n) is 5.35. The molecule has 3 rings (SSSR count). The van der Waals surface area contributed by atoms with Crippen LogP contribution in [0.4, 0.5) is 0 Å². The summed E-state index contributed by atoms with van der Waals surface area (Å²) in [6.07, 6.45) is 7.06. The average molecular weight is 330 g/mol. The summed E-state index contributed by atoms with van der Waals surface area (Å²) in [4.78, 5) is 14.6. The van der Waals surface area contributed by atoms with Crippen LogP contribution >= 0.6 is 0 Å². The van der Waals surface area contributed by atoms with Crippen LogP contribution in [0.2, 0.25) is 0 Å². The fourth-order valence-electron chi connectivity index (χ4n) is 3.80. The van der Waals surface area contributed by atoms with Crippen molar-refractivity contribution in [2.45, 2.75) is 51.6 Å². The second kappa shape index (κ2) is 9.19. The molecule has 4 heteroatoms. The fourth-order valence-corrected chi connectivity index (χ4v) is 3.80. The van der Waals surface area contributed by atoms with Crippen LogP contribution in [0.5, 0.6) is 0 Å². The van der Waals surface area contributed by atoms with Gasteiger partial charge >= 0.3 is 0 Å². The van der Waals surface area contributed by atoms with Gasteiger partial charge in [-0.25, -0.2) is 0 Å². The number of hydrogen-bond donors (Lipinski definition) is 1. The summed E-state index contributed by atoms with van der Waals surface area (Å²) in [6.45, 7) is 5.20. The molecule has 4 nitrogen and oxygen atoms in total. The molecular formula is C20H30N2O2. The highest BCUT2D eigenvalue weighted by atomic mass is 16.5. The number of benzene rings is 1. The second-order valence-corrected chi connectivity index (χ2v) is 7.12. The van der Waals surface area contributed by atoms with Crippen molar-refractivity contribution in [2.24, 2.45) is 5.92 Å². The third kappa shape index (κ3) is 5.32. The molecule has 1 heterocycles. The van der Waals surface area contributed by atoms with E-state index in [9.17, 15) is 4.79 Å². The highest BCUT2D eigenvalue weighted by Gasteiger charge is 2.16. The molecule has 2 aliphatic rings. The lowest BCUT2D eigenvalue weighted by molar-refractivity contribution is -0.121. The Morgan fingerprint density at radius 1 is 1.12 bits per heavy atom. The van der Waals surface area contributed by atoms with Gasteiger partial charge in [-0.2, -0.15) is 0 Å². The van der Waals surface area contributed by atoms with Crippen LogP contribution in [0.25, 0.3) is 0 Å². The summed E-state index contributed by atoms with van der Waals surface area (Å²) >= 11 is 0. The zero-order chi connectivity index (χ0) is 16.6. The maximum atomic E-state index is 12.1. The zero-order valence-electron chi connectivity index (χ0n) is 14.6. The zero-order valence-corrected chi connectivity index (χ0v) is 14.6. The Kier molecular flexibility index (Phi) is 6.67. The van der Waals surface area contributed by atoms with Gasteiger partial charge in [0.1, 0.15) is 0 Å². The highest BCUT2D eigenvalue weighted by molar-refractivity contribution is 5.75. The average Bonchev–Trinajstić information content (AvgIpc) is 3.14. The largest absolute Gasteiger partial charge is 0.379 e. The van der Waals surface area contributed by atoms with E-state index < -0.39 is 0 Å². The molecule has 0 aromatic heterocycles. The Morgan fingerprint density at radius 3 is 2.58 bits per heavy atom. The van der Waals surface area contributed by atoms with Gasteiger partial charge in [-0.1, -0.05) is 49.9 Å². The summed E-state index contributed by atoms with van der Waals surface area (Å²) in [5.41, 5.74) is 2.55. The number of amides is 1. The fraction of sp³-hybridized carbons (Fsp3) is 0.650. The molecule has 1 aromatic carbocycles. The van der Waals surface area contributed by atoms with E-state index in [2.05, 4.69) is 34.5 Å². The van der Waals surface area contributed by atoms with Crippen LogP contribution in [0.1, 0.15) is 49.7 Å². The third-order valence-corrected chi connectivity index (χ3v) is 5.35. The Bertz CT molecular complexity index is 520. The maximum Gasteiger partial charge on any atom is 0.220 e. The lowest BCUT2D eigenvalue weighted by Gasteiger charge is -2.27. The normalized spacial score (nSPS) is 19.5. The number of hydrogen-bond acceptors (Lipinski definition) is 3. The number of rotatable bonds is 7. The quantitative estimate of drug-likeness (QED) is 0.835. The van der Waals surface area contributed by atoms with Gasteiger partial charge in [0.2, 0.25) is 5.91 Å². The first kappa shape index (κ1) is 17.4. The number of morpholine rings is 1. The molecule has 1 saturated carbocycles. The highest BCUT2D eigenvalue weighted by Crippen LogP contribution is 2.28. The standard InChI is InChI=1S/C20H30N2O2/c23-20(10-9-17-5-1-2-6-17)21-15-18-7-3-4-8-19(18)16-22-11-13-24-14-12-22/h3-4,7-8,17H,1-2,5-6,9-16H2,(H,21,23). The van der Waals surface area contributed by atoms with Crippen molar-refractivity contribution < 1.29 is 9.53 Å². The minimum atomic E-state index is 0.197. The molecular weight excluding hydrogens is 300 g/mol. The number of nitrogens with zero attached hydrogens (tertiary/aromatic N) is 1. The first-order valence-electron chi connectivity index (χ1n) is 9.45. The molecule has 0 bridgehead atoms. The molecule has 0 atom stereocenters. The van der Waals surface area contributed by atoms with Crippen LogP contribution in [0.15, 0.2) is 24.3 Å². The first-order valence-corrected chi connectivity index (χ1v) is 9.45. The summed E-state index contributed by atoms with van der Waals surface area (Å²) in [7, 11) is 0. The van der Waals surface area contributed by atoms with E-state index in [-0.39, 0.29) is 5.91 Å². The van der Waals surface area contributed by atoms with E-state index in [0.29, 0.717) is 13.0 Å². The van der Waals surface area contributed by atoms with E-state index >= 15 is 0 Å². The lowest BCUT2D eigenvalue weighted by atomic mass is 10.0. The van der Waals surface area contributed by atoms with Crippen LogP contribution < -0.4 is 5.32 Å². The number of carbonyl (C=O) groups excluding carboxylic acids is 1. The van der Waals surface area contributed by atoms with Crippen LogP contribution in [-0.4, -0.2) is 37.1 Å². The maximum absolute atomic E-state index is 12.1. The summed E-state index contributed by atoms with van der Waals surface area (Å²) < 4.78 is 5.42. The molecule has 132 valence electrons. The van der Waals surface area contributed by atoms with Crippen molar-refractivity contribution in [3.05, 3.63) is 35.4 Å². The summed E-state index contributed by atoms with van der Waals surface area (Å²) in [6, 6.07) is 8.45. The van der Waals surface area contributed by atoms with Crippen LogP contribution in [-0.2, 0) is 22.6 Å². The molecule has 0 radical (unpaired) electrons. The van der Waals surface area contributed by atoms with E-state index in [1.807, 2.05) is 0 Å². The van der Waals surface area contributed by atoms with Gasteiger partial charge < -0.3 is 10.1 Å². The first-order chi connectivity index (χ1) is 11.8. The molecule has 1 aromatic rings. The molecule has 24 heavy (non-hydrogen) atoms. The molecule has 1 amide bonds. The van der Waals surface area contributed by atoms with Crippen molar-refractivity contribution in [2.75, 3.05) is 26.3 Å². The number of nitrogens with one attached hydrogen (secondary N) is 1. The van der Waals surface area contributed by atoms with E-state index in [0.717, 1.165) is 45.2 Å². The minimum absolute atomic E-state index is 0.197. The van der Waals surface area contributed by atoms with Crippen molar-refractivity contribution in [3.63, 3.8) is 0 Å². The monoisotopic (exact) mass is 330 g/mol. The lowest BCUT2D eigenvalue weighted by Crippen LogP contribution is -2.36. The number of carbonyl (C=O) groups is 1. The smallest absolute Gasteiger partial charge is 0.220 e. The van der Waals surface area contributed by atoms with Gasteiger partial charge in [-0.05, 0) is 23.5 Å². The van der Waals surface area contributed by atoms with Crippen molar-refractivity contribution >= 4 is 5.91 Å². The Morgan fingerprint density at radius 2 is 1.83 bits per heavy atom. The van der Waals surface area contributed by atoms with Crippen LogP contribution in [0.3, 0.4) is 0 Å². The minimum Gasteiger partial charge on any atom is -0.379 e. The molecule has 1 aliphatic carbocycles. The molecule has 1 saturated heterocycles. The van der Waals surface area contributed by atoms with E-state index in [1.54, 1.807) is 0 Å². The SMILES string of the molecule is O=C(CCC1CCCC1)NCc1ccccc1CN1CCOCC1. The predicted molar refractivity (Wildman–Crippen MR) is 95.6 cm³/mol.